The number of sulfone groups is 1. The van der Waals surface area contributed by atoms with Crippen molar-refractivity contribution in [3.63, 3.8) is 0 Å². The number of benzene rings is 1. The van der Waals surface area contributed by atoms with Crippen LogP contribution in [-0.2, 0) is 32.1 Å². The largest absolute Gasteiger partial charge is 0.463 e. The predicted octanol–water partition coefficient (Wildman–Crippen LogP) is 4.12. The first kappa shape index (κ1) is 26.5. The maximum absolute atomic E-state index is 13.3. The number of carbonyl (C=O) groups is 1. The molecular weight excluding hydrogens is 487 g/mol. The fourth-order valence-electron chi connectivity index (χ4n) is 3.38. The second kappa shape index (κ2) is 10.6. The second-order valence-corrected chi connectivity index (χ2v) is 9.80. The van der Waals surface area contributed by atoms with Crippen molar-refractivity contribution < 1.29 is 35.5 Å². The third-order valence-corrected chi connectivity index (χ3v) is 6.43. The van der Waals surface area contributed by atoms with Crippen molar-refractivity contribution in [3.05, 3.63) is 48.2 Å². The van der Waals surface area contributed by atoms with Gasteiger partial charge in [0.1, 0.15) is 24.6 Å². The van der Waals surface area contributed by atoms with Crippen LogP contribution in [0.1, 0.15) is 19.5 Å². The van der Waals surface area contributed by atoms with Gasteiger partial charge in [-0.1, -0.05) is 26.0 Å². The lowest BCUT2D eigenvalue weighted by Crippen LogP contribution is -2.28. The lowest BCUT2D eigenvalue weighted by molar-refractivity contribution is -0.146. The Labute approximate surface area is 201 Å². The van der Waals surface area contributed by atoms with Crippen LogP contribution in [0.4, 0.5) is 13.2 Å². The van der Waals surface area contributed by atoms with E-state index in [9.17, 15) is 26.4 Å². The summed E-state index contributed by atoms with van der Waals surface area (Å²) in [5.74, 6) is -0.458. The topological polar surface area (TPSA) is 94.6 Å². The summed E-state index contributed by atoms with van der Waals surface area (Å²) >= 11 is 0. The number of hydrogen-bond donors (Lipinski definition) is 0. The molecule has 0 aliphatic rings. The van der Waals surface area contributed by atoms with Gasteiger partial charge >= 0.3 is 12.1 Å². The van der Waals surface area contributed by atoms with Crippen molar-refractivity contribution in [2.24, 2.45) is 0 Å². The molecule has 0 unspecified atom stereocenters. The van der Waals surface area contributed by atoms with Crippen LogP contribution >= 0.6 is 0 Å². The Morgan fingerprint density at radius 2 is 1.80 bits per heavy atom. The second-order valence-electron chi connectivity index (χ2n) is 7.78. The Kier molecular flexibility index (Phi) is 8.06. The third kappa shape index (κ3) is 6.73. The molecule has 0 amide bonds. The van der Waals surface area contributed by atoms with Gasteiger partial charge in [-0.2, -0.15) is 18.3 Å². The molecule has 0 radical (unpaired) electrons. The molecule has 8 nitrogen and oxygen atoms in total. The molecule has 0 atom stereocenters. The highest BCUT2D eigenvalue weighted by Gasteiger charge is 2.36. The van der Waals surface area contributed by atoms with Gasteiger partial charge in [-0.3, -0.25) is 4.79 Å². The molecule has 3 aromatic rings. The molecule has 1 aromatic carbocycles. The normalized spacial score (nSPS) is 12.3. The minimum Gasteiger partial charge on any atom is -0.463 e. The molecule has 12 heteroatoms. The molecule has 0 N–H and O–H groups in total. The smallest absolute Gasteiger partial charge is 0.435 e. The highest BCUT2D eigenvalue weighted by Crippen LogP contribution is 2.34. The summed E-state index contributed by atoms with van der Waals surface area (Å²) in [6, 6.07) is 9.71. The van der Waals surface area contributed by atoms with Crippen LogP contribution in [-0.4, -0.2) is 61.6 Å². The first-order chi connectivity index (χ1) is 16.4. The summed E-state index contributed by atoms with van der Waals surface area (Å²) in [6.07, 6.45) is -3.66. The Balaban J connectivity index is 1.86. The van der Waals surface area contributed by atoms with Crippen molar-refractivity contribution in [3.8, 4) is 22.8 Å². The van der Waals surface area contributed by atoms with Gasteiger partial charge < -0.3 is 14.1 Å². The van der Waals surface area contributed by atoms with Gasteiger partial charge in [-0.15, -0.1) is 0 Å². The number of aromatic nitrogens is 2. The minimum atomic E-state index is -4.73. The fourth-order valence-corrected chi connectivity index (χ4v) is 4.05. The van der Waals surface area contributed by atoms with Gasteiger partial charge in [0.2, 0.25) is 0 Å². The fraction of sp³-hybridized carbons (Fsp3) is 0.391. The van der Waals surface area contributed by atoms with Gasteiger partial charge in [0.15, 0.2) is 21.3 Å². The zero-order valence-electron chi connectivity index (χ0n) is 19.5. The third-order valence-electron chi connectivity index (χ3n) is 5.32. The number of halogens is 3. The molecule has 0 saturated heterocycles. The predicted molar refractivity (Wildman–Crippen MR) is 122 cm³/mol. The van der Waals surface area contributed by atoms with Gasteiger partial charge in [-0.25, -0.2) is 13.1 Å². The van der Waals surface area contributed by atoms with Crippen molar-refractivity contribution in [1.82, 2.24) is 14.7 Å². The number of nitrogens with zero attached hydrogens (tertiary/aromatic N) is 3. The Hall–Kier alpha value is -3.12. The maximum atomic E-state index is 13.3. The molecule has 0 fully saturated rings. The van der Waals surface area contributed by atoms with Gasteiger partial charge in [0.25, 0.3) is 0 Å². The summed E-state index contributed by atoms with van der Waals surface area (Å²) in [5, 5.41) is 3.54. The molecule has 3 rings (SSSR count). The van der Waals surface area contributed by atoms with E-state index in [1.165, 1.54) is 30.3 Å². The van der Waals surface area contributed by atoms with Crippen LogP contribution in [0.2, 0.25) is 0 Å². The van der Waals surface area contributed by atoms with Crippen molar-refractivity contribution in [1.29, 1.82) is 0 Å². The van der Waals surface area contributed by atoms with Crippen LogP contribution < -0.4 is 0 Å². The van der Waals surface area contributed by atoms with E-state index in [1.807, 2.05) is 18.7 Å². The number of furan rings is 1. The maximum Gasteiger partial charge on any atom is 0.435 e. The average molecular weight is 514 g/mol. The monoisotopic (exact) mass is 513 g/mol. The molecule has 190 valence electrons. The molecule has 2 aromatic heterocycles. The molecule has 2 heterocycles. The van der Waals surface area contributed by atoms with E-state index in [1.54, 1.807) is 6.07 Å². The Bertz CT molecular complexity index is 1280. The summed E-state index contributed by atoms with van der Waals surface area (Å²) in [4.78, 5) is 14.4. The molecular formula is C23H26F3N3O5S. The van der Waals surface area contributed by atoms with E-state index in [4.69, 9.17) is 9.15 Å². The summed E-state index contributed by atoms with van der Waals surface area (Å²) in [6.45, 7) is 5.56. The molecule has 0 aliphatic carbocycles. The lowest BCUT2D eigenvalue weighted by Gasteiger charge is -2.17. The first-order valence-electron chi connectivity index (χ1n) is 10.9. The quantitative estimate of drug-likeness (QED) is 0.377. The summed E-state index contributed by atoms with van der Waals surface area (Å²) in [5.41, 5.74) is -0.818. The number of likely N-dealkylation sites (N-methyl/N-ethyl adjacent to an activating group) is 1. The number of esters is 1. The number of alkyl halides is 3. The van der Waals surface area contributed by atoms with E-state index in [0.29, 0.717) is 12.1 Å². The van der Waals surface area contributed by atoms with Crippen LogP contribution in [0.25, 0.3) is 22.8 Å². The van der Waals surface area contributed by atoms with Gasteiger partial charge in [-0.05, 0) is 43.4 Å². The zero-order chi connectivity index (χ0) is 25.8. The van der Waals surface area contributed by atoms with Crippen molar-refractivity contribution in [2.75, 3.05) is 32.5 Å². The van der Waals surface area contributed by atoms with Gasteiger partial charge in [0, 0.05) is 18.4 Å². The van der Waals surface area contributed by atoms with Crippen LogP contribution in [0.5, 0.6) is 0 Å². The number of carbonyl (C=O) groups excluding carboxylic acids is 1. The molecule has 0 bridgehead atoms. The highest BCUT2D eigenvalue weighted by atomic mass is 32.2. The Morgan fingerprint density at radius 1 is 1.11 bits per heavy atom. The molecule has 0 spiro atoms. The molecule has 0 saturated carbocycles. The summed E-state index contributed by atoms with van der Waals surface area (Å²) in [7, 11) is -3.46. The SMILES string of the molecule is CCN(CC)CCOC(=O)Cn1nc(C(F)(F)F)cc1-c1ccc(-c2cccc(S(C)(=O)=O)c2)o1. The van der Waals surface area contributed by atoms with E-state index in [0.717, 1.165) is 30.1 Å². The van der Waals surface area contributed by atoms with Gasteiger partial charge in [0.05, 0.1) is 4.90 Å². The first-order valence-corrected chi connectivity index (χ1v) is 12.7. The van der Waals surface area contributed by atoms with E-state index >= 15 is 0 Å². The number of rotatable bonds is 10. The standard InChI is InChI=1S/C23H26F3N3O5S/c1-4-28(5-2)11-12-33-22(30)15-29-18(14-21(27-29)23(24,25)26)20-10-9-19(34-20)16-7-6-8-17(13-16)35(3,31)32/h6-10,13-14H,4-5,11-12,15H2,1-3H3. The zero-order valence-corrected chi connectivity index (χ0v) is 20.3. The van der Waals surface area contributed by atoms with Crippen molar-refractivity contribution >= 4 is 15.8 Å². The van der Waals surface area contributed by atoms with E-state index in [2.05, 4.69) is 5.10 Å². The van der Waals surface area contributed by atoms with Crippen molar-refractivity contribution in [2.45, 2.75) is 31.5 Å². The highest BCUT2D eigenvalue weighted by molar-refractivity contribution is 7.90. The molecule has 0 aliphatic heterocycles. The van der Waals surface area contributed by atoms with Crippen LogP contribution in [0.3, 0.4) is 0 Å². The van der Waals surface area contributed by atoms with E-state index < -0.39 is 34.2 Å². The average Bonchev–Trinajstić information content (AvgIpc) is 3.43. The number of ether oxygens (including phenoxy) is 1. The Morgan fingerprint density at radius 3 is 2.43 bits per heavy atom. The lowest BCUT2D eigenvalue weighted by atomic mass is 10.2. The van der Waals surface area contributed by atoms with Crippen LogP contribution in [0, 0.1) is 0 Å². The van der Waals surface area contributed by atoms with Crippen LogP contribution in [0.15, 0.2) is 51.8 Å². The minimum absolute atomic E-state index is 0.0312. The summed E-state index contributed by atoms with van der Waals surface area (Å²) < 4.78 is 75.5. The number of hydrogen-bond acceptors (Lipinski definition) is 7. The van der Waals surface area contributed by atoms with E-state index in [-0.39, 0.29) is 28.7 Å². The molecule has 35 heavy (non-hydrogen) atoms.